The van der Waals surface area contributed by atoms with Crippen LogP contribution in [0.5, 0.6) is 0 Å². The van der Waals surface area contributed by atoms with E-state index < -0.39 is 29.2 Å². The first-order valence-corrected chi connectivity index (χ1v) is 20.2. The molecule has 0 bridgehead atoms. The second-order valence-electron chi connectivity index (χ2n) is 15.8. The van der Waals surface area contributed by atoms with Crippen molar-refractivity contribution in [3.8, 4) is 0 Å². The molecule has 0 spiro atoms. The van der Waals surface area contributed by atoms with E-state index in [0.717, 1.165) is 41.2 Å². The standard InChI is InChI=1S/C44H62N6O6/c1-5-45-40(53)44(31-33-17-8-6-9-18-33)24-16-28-50(32-44)39(52)37(30-34-22-23-35-19-11-12-20-36(35)29-34)49-41(54)47-26-15-14-25-46-38(51)21-10-7-13-27-48-42(55)56-43(2,3)4/h6,8-9,11-12,17-20,22-23,29,37H,5,7,10,13-16,21,24-28,30-32H2,1-4H3,(H,45,53)(H,46,51)(H,48,55)(H2,47,49,54)/t37-,44+/m1/s1. The number of fused-ring (bicyclic) bond motifs is 1. The van der Waals surface area contributed by atoms with Crippen LogP contribution < -0.4 is 26.6 Å². The summed E-state index contributed by atoms with van der Waals surface area (Å²) in [5.41, 5.74) is 0.650. The molecule has 304 valence electrons. The second kappa shape index (κ2) is 21.8. The predicted molar refractivity (Wildman–Crippen MR) is 220 cm³/mol. The van der Waals surface area contributed by atoms with Crippen molar-refractivity contribution in [1.82, 2.24) is 31.5 Å². The summed E-state index contributed by atoms with van der Waals surface area (Å²) in [6.45, 7) is 10.00. The Hall–Kier alpha value is -5.13. The molecule has 4 rings (SSSR count). The van der Waals surface area contributed by atoms with Gasteiger partial charge in [-0.1, -0.05) is 79.2 Å². The lowest BCUT2D eigenvalue weighted by molar-refractivity contribution is -0.142. The number of unbranched alkanes of at least 4 members (excludes halogenated alkanes) is 3. The Bertz CT molecular complexity index is 1740. The first-order chi connectivity index (χ1) is 26.9. The largest absolute Gasteiger partial charge is 0.444 e. The SMILES string of the molecule is CCNC(=O)[C@]1(Cc2ccccc2)CCCN(C(=O)[C@@H](Cc2ccc3ccccc3c2)NC(=O)NCCCCNC(=O)CCCCCNC(=O)OC(C)(C)C)C1. The van der Waals surface area contributed by atoms with E-state index in [4.69, 9.17) is 4.74 Å². The van der Waals surface area contributed by atoms with Crippen LogP contribution in [0.1, 0.15) is 90.2 Å². The molecule has 6 amide bonds. The van der Waals surface area contributed by atoms with Gasteiger partial charge in [0.1, 0.15) is 11.6 Å². The fourth-order valence-electron chi connectivity index (χ4n) is 7.16. The molecule has 56 heavy (non-hydrogen) atoms. The van der Waals surface area contributed by atoms with Crippen molar-refractivity contribution in [2.45, 2.75) is 104 Å². The number of rotatable bonds is 19. The molecule has 3 aromatic rings. The van der Waals surface area contributed by atoms with Crippen molar-refractivity contribution in [3.05, 3.63) is 83.9 Å². The number of nitrogens with one attached hydrogen (secondary N) is 5. The first kappa shape index (κ1) is 43.6. The summed E-state index contributed by atoms with van der Waals surface area (Å²) in [5, 5.41) is 16.7. The lowest BCUT2D eigenvalue weighted by atomic mass is 9.74. The second-order valence-corrected chi connectivity index (χ2v) is 15.8. The van der Waals surface area contributed by atoms with E-state index in [2.05, 4.69) is 32.7 Å². The maximum atomic E-state index is 14.4. The molecule has 3 aromatic carbocycles. The molecule has 0 aliphatic carbocycles. The number of carbonyl (C=O) groups is 5. The van der Waals surface area contributed by atoms with E-state index in [1.165, 1.54) is 0 Å². The highest BCUT2D eigenvalue weighted by atomic mass is 16.6. The quantitative estimate of drug-likeness (QED) is 0.0939. The maximum Gasteiger partial charge on any atom is 0.407 e. The van der Waals surface area contributed by atoms with Crippen LogP contribution in [0, 0.1) is 5.41 Å². The number of amides is 6. The van der Waals surface area contributed by atoms with Crippen LogP contribution in [-0.4, -0.2) is 85.7 Å². The Labute approximate surface area is 332 Å². The minimum Gasteiger partial charge on any atom is -0.444 e. The van der Waals surface area contributed by atoms with Crippen LogP contribution in [0.4, 0.5) is 9.59 Å². The molecule has 1 aliphatic heterocycles. The summed E-state index contributed by atoms with van der Waals surface area (Å²) in [5.74, 6) is -0.292. The number of nitrogens with zero attached hydrogens (tertiary/aromatic N) is 1. The van der Waals surface area contributed by atoms with Gasteiger partial charge in [-0.3, -0.25) is 14.4 Å². The molecule has 1 heterocycles. The molecule has 0 aromatic heterocycles. The van der Waals surface area contributed by atoms with Crippen molar-refractivity contribution in [2.24, 2.45) is 5.41 Å². The molecule has 12 heteroatoms. The third-order valence-corrected chi connectivity index (χ3v) is 9.91. The third kappa shape index (κ3) is 14.5. The van der Waals surface area contributed by atoms with Crippen molar-refractivity contribution in [3.63, 3.8) is 0 Å². The summed E-state index contributed by atoms with van der Waals surface area (Å²) in [4.78, 5) is 67.1. The molecule has 1 saturated heterocycles. The van der Waals surface area contributed by atoms with Crippen LogP contribution in [-0.2, 0) is 32.0 Å². The number of alkyl carbamates (subject to hydrolysis) is 1. The van der Waals surface area contributed by atoms with Crippen molar-refractivity contribution < 1.29 is 28.7 Å². The van der Waals surface area contributed by atoms with E-state index in [9.17, 15) is 24.0 Å². The number of likely N-dealkylation sites (tertiary alicyclic amines) is 1. The number of carbonyl (C=O) groups excluding carboxylic acids is 5. The van der Waals surface area contributed by atoms with Gasteiger partial charge in [-0.25, -0.2) is 9.59 Å². The summed E-state index contributed by atoms with van der Waals surface area (Å²) in [6, 6.07) is 22.7. The van der Waals surface area contributed by atoms with Crippen LogP contribution in [0.15, 0.2) is 72.8 Å². The first-order valence-electron chi connectivity index (χ1n) is 20.2. The Balaban J connectivity index is 1.28. The van der Waals surface area contributed by atoms with Crippen LogP contribution >= 0.6 is 0 Å². The average molecular weight is 771 g/mol. The minimum atomic E-state index is -0.842. The van der Waals surface area contributed by atoms with Crippen LogP contribution in [0.2, 0.25) is 0 Å². The van der Waals surface area contributed by atoms with Gasteiger partial charge < -0.3 is 36.2 Å². The highest BCUT2D eigenvalue weighted by Gasteiger charge is 2.44. The molecular weight excluding hydrogens is 709 g/mol. The van der Waals surface area contributed by atoms with E-state index in [-0.39, 0.29) is 24.3 Å². The van der Waals surface area contributed by atoms with Gasteiger partial charge in [0, 0.05) is 52.1 Å². The van der Waals surface area contributed by atoms with Crippen molar-refractivity contribution in [1.29, 1.82) is 0 Å². The van der Waals surface area contributed by atoms with Gasteiger partial charge in [0.25, 0.3) is 0 Å². The number of urea groups is 1. The summed E-state index contributed by atoms with van der Waals surface area (Å²) >= 11 is 0. The van der Waals surface area contributed by atoms with Gasteiger partial charge >= 0.3 is 12.1 Å². The maximum absolute atomic E-state index is 14.4. The van der Waals surface area contributed by atoms with E-state index in [1.807, 2.05) is 94.4 Å². The highest BCUT2D eigenvalue weighted by Crippen LogP contribution is 2.35. The zero-order valence-corrected chi connectivity index (χ0v) is 33.7. The lowest BCUT2D eigenvalue weighted by Gasteiger charge is -2.43. The minimum absolute atomic E-state index is 0.0245. The molecule has 1 aliphatic rings. The average Bonchev–Trinajstić information content (AvgIpc) is 3.16. The van der Waals surface area contributed by atoms with E-state index >= 15 is 0 Å². The number of ether oxygens (including phenoxy) is 1. The monoisotopic (exact) mass is 770 g/mol. The lowest BCUT2D eigenvalue weighted by Crippen LogP contribution is -2.59. The van der Waals surface area contributed by atoms with Gasteiger partial charge in [-0.05, 0) is 94.5 Å². The molecule has 5 N–H and O–H groups in total. The predicted octanol–water partition coefficient (Wildman–Crippen LogP) is 6.02. The fourth-order valence-corrected chi connectivity index (χ4v) is 7.16. The normalized spacial score (nSPS) is 16.0. The molecular formula is C44H62N6O6. The fraction of sp³-hybridized carbons (Fsp3) is 0.523. The van der Waals surface area contributed by atoms with Crippen molar-refractivity contribution >= 4 is 40.6 Å². The van der Waals surface area contributed by atoms with Gasteiger partial charge in [0.2, 0.25) is 17.7 Å². The van der Waals surface area contributed by atoms with Crippen LogP contribution in [0.25, 0.3) is 10.8 Å². The highest BCUT2D eigenvalue weighted by molar-refractivity contribution is 5.90. The van der Waals surface area contributed by atoms with Gasteiger partial charge in [-0.15, -0.1) is 0 Å². The molecule has 0 saturated carbocycles. The number of hydrogen-bond acceptors (Lipinski definition) is 6. The van der Waals surface area contributed by atoms with Crippen molar-refractivity contribution in [2.75, 3.05) is 39.3 Å². The zero-order chi connectivity index (χ0) is 40.4. The Morgan fingerprint density at radius 3 is 2.18 bits per heavy atom. The van der Waals surface area contributed by atoms with Gasteiger partial charge in [0.05, 0.1) is 5.41 Å². The Morgan fingerprint density at radius 2 is 1.45 bits per heavy atom. The van der Waals surface area contributed by atoms with E-state index in [0.29, 0.717) is 77.7 Å². The summed E-state index contributed by atoms with van der Waals surface area (Å²) in [7, 11) is 0. The topological polar surface area (TPSA) is 158 Å². The van der Waals surface area contributed by atoms with Gasteiger partial charge in [-0.2, -0.15) is 0 Å². The molecule has 1 fully saturated rings. The molecule has 12 nitrogen and oxygen atoms in total. The number of piperidine rings is 1. The number of hydrogen-bond donors (Lipinski definition) is 5. The Morgan fingerprint density at radius 1 is 0.768 bits per heavy atom. The molecule has 0 unspecified atom stereocenters. The van der Waals surface area contributed by atoms with Gasteiger partial charge in [0.15, 0.2) is 0 Å². The third-order valence-electron chi connectivity index (χ3n) is 9.91. The van der Waals surface area contributed by atoms with E-state index in [1.54, 1.807) is 4.90 Å². The smallest absolute Gasteiger partial charge is 0.407 e. The summed E-state index contributed by atoms with van der Waals surface area (Å²) < 4.78 is 5.22. The van der Waals surface area contributed by atoms with Crippen LogP contribution in [0.3, 0.4) is 0 Å². The zero-order valence-electron chi connectivity index (χ0n) is 33.7. The number of benzene rings is 3. The Kier molecular flexibility index (Phi) is 17.0. The summed E-state index contributed by atoms with van der Waals surface area (Å²) in [6.07, 6.45) is 5.75. The molecule has 2 atom stereocenters. The molecule has 0 radical (unpaired) electrons.